The van der Waals surface area contributed by atoms with E-state index in [1.807, 2.05) is 6.21 Å². The molecule has 0 aromatic carbocycles. The molecular formula is C10H20N2. The second-order valence-electron chi connectivity index (χ2n) is 2.76. The lowest BCUT2D eigenvalue weighted by molar-refractivity contribution is 0.925. The van der Waals surface area contributed by atoms with Crippen molar-refractivity contribution < 1.29 is 0 Å². The predicted molar refractivity (Wildman–Crippen MR) is 56.5 cm³/mol. The van der Waals surface area contributed by atoms with Gasteiger partial charge in [-0.3, -0.25) is 9.98 Å². The molecule has 0 heterocycles. The standard InChI is InChI=1S/C10H20N2/c1-4-7-11-9-10(6-3)12-8-5-2/h9H,4-8H2,1-3H3. The molecule has 0 saturated carbocycles. The Kier molecular flexibility index (Phi) is 7.97. The molecule has 0 aliphatic carbocycles. The van der Waals surface area contributed by atoms with E-state index < -0.39 is 0 Å². The van der Waals surface area contributed by atoms with Crippen molar-refractivity contribution in [2.24, 2.45) is 9.98 Å². The summed E-state index contributed by atoms with van der Waals surface area (Å²) in [5.74, 6) is 0. The van der Waals surface area contributed by atoms with Gasteiger partial charge in [-0.25, -0.2) is 0 Å². The Morgan fingerprint density at radius 3 is 2.25 bits per heavy atom. The van der Waals surface area contributed by atoms with Crippen LogP contribution < -0.4 is 0 Å². The molecule has 0 saturated heterocycles. The molecule has 0 bridgehead atoms. The second-order valence-corrected chi connectivity index (χ2v) is 2.76. The minimum Gasteiger partial charge on any atom is -0.291 e. The van der Waals surface area contributed by atoms with Gasteiger partial charge in [0.25, 0.3) is 0 Å². The summed E-state index contributed by atoms with van der Waals surface area (Å²) in [5.41, 5.74) is 1.13. The second kappa shape index (κ2) is 8.44. The molecule has 0 unspecified atom stereocenters. The highest BCUT2D eigenvalue weighted by atomic mass is 14.8. The predicted octanol–water partition coefficient (Wildman–Crippen LogP) is 2.73. The molecule has 0 aliphatic rings. The van der Waals surface area contributed by atoms with Crippen LogP contribution in [0.3, 0.4) is 0 Å². The van der Waals surface area contributed by atoms with Gasteiger partial charge in [0, 0.05) is 19.3 Å². The van der Waals surface area contributed by atoms with Gasteiger partial charge in [0.2, 0.25) is 0 Å². The van der Waals surface area contributed by atoms with Gasteiger partial charge in [-0.05, 0) is 19.3 Å². The zero-order valence-electron chi connectivity index (χ0n) is 8.51. The van der Waals surface area contributed by atoms with E-state index in [1.54, 1.807) is 0 Å². The molecule has 0 spiro atoms. The summed E-state index contributed by atoms with van der Waals surface area (Å²) in [6, 6.07) is 0. The average molecular weight is 168 g/mol. The normalized spacial score (nSPS) is 12.8. The molecule has 0 aromatic heterocycles. The van der Waals surface area contributed by atoms with Crippen LogP contribution in [0.15, 0.2) is 9.98 Å². The fourth-order valence-corrected chi connectivity index (χ4v) is 0.798. The van der Waals surface area contributed by atoms with Crippen LogP contribution in [-0.4, -0.2) is 25.0 Å². The van der Waals surface area contributed by atoms with Crippen LogP contribution in [-0.2, 0) is 0 Å². The van der Waals surface area contributed by atoms with Crippen LogP contribution in [0.5, 0.6) is 0 Å². The van der Waals surface area contributed by atoms with E-state index in [4.69, 9.17) is 0 Å². The summed E-state index contributed by atoms with van der Waals surface area (Å²) in [7, 11) is 0. The summed E-state index contributed by atoms with van der Waals surface area (Å²) >= 11 is 0. The van der Waals surface area contributed by atoms with Crippen LogP contribution in [0, 0.1) is 0 Å². The lowest BCUT2D eigenvalue weighted by Crippen LogP contribution is -1.99. The van der Waals surface area contributed by atoms with Crippen molar-refractivity contribution in [3.63, 3.8) is 0 Å². The quantitative estimate of drug-likeness (QED) is 0.545. The van der Waals surface area contributed by atoms with Crippen LogP contribution in [0.4, 0.5) is 0 Å². The third-order valence-electron chi connectivity index (χ3n) is 1.49. The number of rotatable bonds is 6. The molecule has 0 aromatic rings. The highest BCUT2D eigenvalue weighted by molar-refractivity contribution is 6.30. The van der Waals surface area contributed by atoms with Gasteiger partial charge in [-0.2, -0.15) is 0 Å². The number of hydrogen-bond donors (Lipinski definition) is 0. The number of hydrogen-bond acceptors (Lipinski definition) is 2. The summed E-state index contributed by atoms with van der Waals surface area (Å²) < 4.78 is 0. The van der Waals surface area contributed by atoms with Crippen molar-refractivity contribution in [3.8, 4) is 0 Å². The lowest BCUT2D eigenvalue weighted by Gasteiger charge is -1.95. The monoisotopic (exact) mass is 168 g/mol. The lowest BCUT2D eigenvalue weighted by atomic mass is 10.3. The van der Waals surface area contributed by atoms with Gasteiger partial charge < -0.3 is 0 Å². The van der Waals surface area contributed by atoms with Gasteiger partial charge in [0.05, 0.1) is 5.71 Å². The topological polar surface area (TPSA) is 24.7 Å². The molecule has 70 valence electrons. The maximum Gasteiger partial charge on any atom is 0.0523 e. The van der Waals surface area contributed by atoms with Crippen LogP contribution >= 0.6 is 0 Å². The Bertz CT molecular complexity index is 148. The van der Waals surface area contributed by atoms with Crippen LogP contribution in [0.1, 0.15) is 40.0 Å². The third kappa shape index (κ3) is 6.08. The molecule has 0 amide bonds. The van der Waals surface area contributed by atoms with Crippen molar-refractivity contribution in [2.75, 3.05) is 13.1 Å². The van der Waals surface area contributed by atoms with E-state index in [-0.39, 0.29) is 0 Å². The Morgan fingerprint density at radius 2 is 1.75 bits per heavy atom. The van der Waals surface area contributed by atoms with Gasteiger partial charge >= 0.3 is 0 Å². The molecule has 0 radical (unpaired) electrons. The van der Waals surface area contributed by atoms with Crippen LogP contribution in [0.25, 0.3) is 0 Å². The summed E-state index contributed by atoms with van der Waals surface area (Å²) in [4.78, 5) is 8.66. The minimum atomic E-state index is 0.922. The largest absolute Gasteiger partial charge is 0.291 e. The first-order chi connectivity index (χ1) is 5.85. The van der Waals surface area contributed by atoms with E-state index in [0.717, 1.165) is 38.1 Å². The fourth-order valence-electron chi connectivity index (χ4n) is 0.798. The Labute approximate surface area is 75.8 Å². The molecule has 12 heavy (non-hydrogen) atoms. The van der Waals surface area contributed by atoms with Gasteiger partial charge in [-0.15, -0.1) is 0 Å². The van der Waals surface area contributed by atoms with E-state index in [1.165, 1.54) is 0 Å². The van der Waals surface area contributed by atoms with E-state index in [0.29, 0.717) is 0 Å². The van der Waals surface area contributed by atoms with Crippen molar-refractivity contribution in [1.29, 1.82) is 0 Å². The average Bonchev–Trinajstić information content (AvgIpc) is 2.11. The number of nitrogens with zero attached hydrogens (tertiary/aromatic N) is 2. The van der Waals surface area contributed by atoms with Crippen molar-refractivity contribution in [2.45, 2.75) is 40.0 Å². The molecule has 2 heteroatoms. The Morgan fingerprint density at radius 1 is 1.08 bits per heavy atom. The Hall–Kier alpha value is -0.660. The SMILES string of the molecule is CCCN=CC(CC)=NCCC. The first-order valence-electron chi connectivity index (χ1n) is 4.88. The molecular weight excluding hydrogens is 148 g/mol. The van der Waals surface area contributed by atoms with E-state index in [2.05, 4.69) is 30.8 Å². The van der Waals surface area contributed by atoms with E-state index >= 15 is 0 Å². The van der Waals surface area contributed by atoms with Crippen molar-refractivity contribution in [3.05, 3.63) is 0 Å². The fraction of sp³-hybridized carbons (Fsp3) is 0.800. The first kappa shape index (κ1) is 11.3. The molecule has 0 fully saturated rings. The summed E-state index contributed by atoms with van der Waals surface area (Å²) in [5, 5.41) is 0. The first-order valence-corrected chi connectivity index (χ1v) is 4.88. The zero-order chi connectivity index (χ0) is 9.23. The molecule has 0 N–H and O–H groups in total. The summed E-state index contributed by atoms with van der Waals surface area (Å²) in [6.07, 6.45) is 5.14. The summed E-state index contributed by atoms with van der Waals surface area (Å²) in [6.45, 7) is 8.24. The van der Waals surface area contributed by atoms with Gasteiger partial charge in [-0.1, -0.05) is 20.8 Å². The van der Waals surface area contributed by atoms with Gasteiger partial charge in [0.15, 0.2) is 0 Å². The smallest absolute Gasteiger partial charge is 0.0523 e. The minimum absolute atomic E-state index is 0.922. The van der Waals surface area contributed by atoms with Crippen molar-refractivity contribution >= 4 is 11.9 Å². The van der Waals surface area contributed by atoms with E-state index in [9.17, 15) is 0 Å². The molecule has 0 atom stereocenters. The molecule has 0 aliphatic heterocycles. The Balaban J connectivity index is 3.80. The highest BCUT2D eigenvalue weighted by Crippen LogP contribution is 1.87. The zero-order valence-corrected chi connectivity index (χ0v) is 8.51. The third-order valence-corrected chi connectivity index (χ3v) is 1.49. The number of aliphatic imine (C=N–C) groups is 2. The maximum atomic E-state index is 4.40. The molecule has 2 nitrogen and oxygen atoms in total. The highest BCUT2D eigenvalue weighted by Gasteiger charge is 1.88. The van der Waals surface area contributed by atoms with Crippen LogP contribution in [0.2, 0.25) is 0 Å². The van der Waals surface area contributed by atoms with Crippen molar-refractivity contribution in [1.82, 2.24) is 0 Å². The molecule has 0 rings (SSSR count). The maximum absolute atomic E-state index is 4.40. The van der Waals surface area contributed by atoms with Gasteiger partial charge in [0.1, 0.15) is 0 Å².